The summed E-state index contributed by atoms with van der Waals surface area (Å²) in [5.74, 6) is 2.22. The topological polar surface area (TPSA) is 74.5 Å². The Kier molecular flexibility index (Phi) is 7.91. The van der Waals surface area contributed by atoms with E-state index in [1.807, 2.05) is 17.5 Å². The molecule has 3 aromatic rings. The van der Waals surface area contributed by atoms with E-state index in [2.05, 4.69) is 56.4 Å². The van der Waals surface area contributed by atoms with E-state index in [1.165, 1.54) is 31.5 Å². The molecule has 2 fully saturated rings. The van der Waals surface area contributed by atoms with E-state index >= 15 is 0 Å². The fraction of sp³-hybridized carbons (Fsp3) is 0.519. The van der Waals surface area contributed by atoms with Crippen LogP contribution in [0.3, 0.4) is 0 Å². The fourth-order valence-electron chi connectivity index (χ4n) is 5.00. The Labute approximate surface area is 211 Å². The zero-order chi connectivity index (χ0) is 24.0. The Bertz CT molecular complexity index is 1070. The molecule has 2 saturated heterocycles. The van der Waals surface area contributed by atoms with Gasteiger partial charge in [0.2, 0.25) is 17.6 Å². The summed E-state index contributed by atoms with van der Waals surface area (Å²) in [6, 6.07) is 12.7. The van der Waals surface area contributed by atoms with Gasteiger partial charge in [-0.3, -0.25) is 14.6 Å². The lowest BCUT2D eigenvalue weighted by molar-refractivity contribution is -0.127. The van der Waals surface area contributed by atoms with Crippen molar-refractivity contribution in [3.05, 3.63) is 58.8 Å². The number of amides is 1. The fourth-order valence-corrected chi connectivity index (χ4v) is 5.65. The number of aromatic nitrogens is 2. The van der Waals surface area contributed by atoms with Crippen molar-refractivity contribution in [2.75, 3.05) is 26.2 Å². The summed E-state index contributed by atoms with van der Waals surface area (Å²) in [7, 11) is 0. The monoisotopic (exact) mass is 493 g/mol. The Hall–Kier alpha value is -2.55. The van der Waals surface area contributed by atoms with Gasteiger partial charge in [0.05, 0.1) is 17.3 Å². The molecule has 1 amide bonds. The van der Waals surface area contributed by atoms with Gasteiger partial charge >= 0.3 is 0 Å². The number of carbonyl (C=O) groups is 1. The van der Waals surface area contributed by atoms with Crippen LogP contribution in [-0.2, 0) is 24.4 Å². The first-order valence-electron chi connectivity index (χ1n) is 12.8. The molecule has 35 heavy (non-hydrogen) atoms. The predicted octanol–water partition coefficient (Wildman–Crippen LogP) is 4.56. The Morgan fingerprint density at radius 3 is 2.63 bits per heavy atom. The van der Waals surface area contributed by atoms with Crippen LogP contribution in [0.15, 0.2) is 46.3 Å². The van der Waals surface area contributed by atoms with Crippen LogP contribution >= 0.6 is 11.3 Å². The summed E-state index contributed by atoms with van der Waals surface area (Å²) >= 11 is 1.60. The van der Waals surface area contributed by atoms with Crippen LogP contribution in [0.25, 0.3) is 10.7 Å². The second-order valence-corrected chi connectivity index (χ2v) is 11.0. The molecule has 0 bridgehead atoms. The first-order valence-corrected chi connectivity index (χ1v) is 13.7. The first kappa shape index (κ1) is 24.2. The van der Waals surface area contributed by atoms with Crippen LogP contribution in [0.2, 0.25) is 0 Å². The van der Waals surface area contributed by atoms with E-state index in [4.69, 9.17) is 4.52 Å². The molecule has 186 valence electrons. The highest BCUT2D eigenvalue weighted by Crippen LogP contribution is 2.23. The number of carbonyl (C=O) groups excluding carboxylic acids is 1. The zero-order valence-corrected chi connectivity index (χ0v) is 21.3. The number of hydrogen-bond donors (Lipinski definition) is 1. The maximum Gasteiger partial charge on any atom is 0.241 e. The summed E-state index contributed by atoms with van der Waals surface area (Å²) in [5, 5.41) is 9.26. The Balaban J connectivity index is 1.07. The lowest BCUT2D eigenvalue weighted by Gasteiger charge is -2.31. The zero-order valence-electron chi connectivity index (χ0n) is 20.5. The van der Waals surface area contributed by atoms with Crippen molar-refractivity contribution in [2.45, 2.75) is 52.2 Å². The van der Waals surface area contributed by atoms with Gasteiger partial charge in [-0.1, -0.05) is 42.4 Å². The number of rotatable bonds is 8. The van der Waals surface area contributed by atoms with E-state index < -0.39 is 0 Å². The number of nitrogens with one attached hydrogen (secondary N) is 1. The van der Waals surface area contributed by atoms with Crippen molar-refractivity contribution in [1.29, 1.82) is 0 Å². The van der Waals surface area contributed by atoms with Gasteiger partial charge in [-0.25, -0.2) is 0 Å². The van der Waals surface area contributed by atoms with Crippen molar-refractivity contribution in [1.82, 2.24) is 25.3 Å². The molecule has 1 aromatic carbocycles. The molecule has 2 aliphatic heterocycles. The summed E-state index contributed by atoms with van der Waals surface area (Å²) in [6.07, 6.45) is 4.51. The van der Waals surface area contributed by atoms with Crippen LogP contribution in [0.4, 0.5) is 0 Å². The molecule has 7 nitrogen and oxygen atoms in total. The van der Waals surface area contributed by atoms with Crippen LogP contribution in [0.5, 0.6) is 0 Å². The third kappa shape index (κ3) is 6.57. The average molecular weight is 494 g/mol. The Morgan fingerprint density at radius 2 is 1.86 bits per heavy atom. The van der Waals surface area contributed by atoms with Crippen LogP contribution in [0.1, 0.15) is 49.6 Å². The summed E-state index contributed by atoms with van der Waals surface area (Å²) in [5.41, 5.74) is 2.50. The van der Waals surface area contributed by atoms with E-state index in [-0.39, 0.29) is 11.8 Å². The highest BCUT2D eigenvalue weighted by Gasteiger charge is 2.27. The van der Waals surface area contributed by atoms with E-state index in [1.54, 1.807) is 11.3 Å². The van der Waals surface area contributed by atoms with Gasteiger partial charge in [-0.15, -0.1) is 11.3 Å². The highest BCUT2D eigenvalue weighted by molar-refractivity contribution is 7.13. The molecule has 4 heterocycles. The quantitative estimate of drug-likeness (QED) is 0.496. The number of nitrogens with zero attached hydrogens (tertiary/aromatic N) is 4. The number of thiophene rings is 1. The van der Waals surface area contributed by atoms with Crippen LogP contribution < -0.4 is 5.32 Å². The maximum atomic E-state index is 12.9. The van der Waals surface area contributed by atoms with Gasteiger partial charge in [0, 0.05) is 19.6 Å². The van der Waals surface area contributed by atoms with Crippen molar-refractivity contribution in [3.63, 3.8) is 0 Å². The van der Waals surface area contributed by atoms with Crippen molar-refractivity contribution < 1.29 is 9.32 Å². The lowest BCUT2D eigenvalue weighted by Crippen LogP contribution is -2.42. The SMILES string of the molecule is CC1CCN(Cc2ccc(CNC(=O)C3CCCN(Cc4nc(-c5cccs5)no4)C3)cc2)CC1. The second kappa shape index (κ2) is 11.5. The molecule has 1 N–H and O–H groups in total. The molecule has 8 heteroatoms. The average Bonchev–Trinajstić information content (AvgIpc) is 3.57. The van der Waals surface area contributed by atoms with Crippen molar-refractivity contribution in [3.8, 4) is 10.7 Å². The van der Waals surface area contributed by atoms with E-state index in [0.29, 0.717) is 24.8 Å². The molecule has 1 atom stereocenters. The maximum absolute atomic E-state index is 12.9. The standard InChI is InChI=1S/C27H35N5O2S/c1-20-10-13-31(14-11-20)17-22-8-6-21(7-9-22)16-28-27(33)23-4-2-12-32(18-23)19-25-29-26(30-34-25)24-5-3-15-35-24/h3,5-9,15,20,23H,2,4,10-14,16-19H2,1H3,(H,28,33). The van der Waals surface area contributed by atoms with Gasteiger partial charge in [0.25, 0.3) is 0 Å². The van der Waals surface area contributed by atoms with Gasteiger partial charge in [0.1, 0.15) is 0 Å². The Morgan fingerprint density at radius 1 is 1.06 bits per heavy atom. The predicted molar refractivity (Wildman–Crippen MR) is 138 cm³/mol. The molecule has 2 aromatic heterocycles. The molecule has 0 spiro atoms. The van der Waals surface area contributed by atoms with Gasteiger partial charge < -0.3 is 9.84 Å². The first-order chi connectivity index (χ1) is 17.1. The van der Waals surface area contributed by atoms with Crippen molar-refractivity contribution in [2.24, 2.45) is 11.8 Å². The molecular formula is C27H35N5O2S. The molecular weight excluding hydrogens is 458 g/mol. The van der Waals surface area contributed by atoms with Crippen LogP contribution in [0, 0.1) is 11.8 Å². The van der Waals surface area contributed by atoms with Gasteiger partial charge in [0.15, 0.2) is 0 Å². The molecule has 0 radical (unpaired) electrons. The molecule has 5 rings (SSSR count). The second-order valence-electron chi connectivity index (χ2n) is 10.1. The van der Waals surface area contributed by atoms with E-state index in [9.17, 15) is 4.79 Å². The largest absolute Gasteiger partial charge is 0.352 e. The molecule has 0 aliphatic carbocycles. The minimum Gasteiger partial charge on any atom is -0.352 e. The smallest absolute Gasteiger partial charge is 0.241 e. The highest BCUT2D eigenvalue weighted by atomic mass is 32.1. The minimum atomic E-state index is -0.01000. The molecule has 2 aliphatic rings. The number of likely N-dealkylation sites (tertiary alicyclic amines) is 2. The lowest BCUT2D eigenvalue weighted by atomic mass is 9.97. The third-order valence-corrected chi connectivity index (χ3v) is 8.08. The molecule has 0 saturated carbocycles. The van der Waals surface area contributed by atoms with Crippen LogP contribution in [-0.4, -0.2) is 52.0 Å². The third-order valence-electron chi connectivity index (χ3n) is 7.22. The number of hydrogen-bond acceptors (Lipinski definition) is 7. The number of benzene rings is 1. The minimum absolute atomic E-state index is 0.01000. The summed E-state index contributed by atoms with van der Waals surface area (Å²) < 4.78 is 5.45. The summed E-state index contributed by atoms with van der Waals surface area (Å²) in [6.45, 7) is 8.57. The summed E-state index contributed by atoms with van der Waals surface area (Å²) in [4.78, 5) is 23.2. The van der Waals surface area contributed by atoms with Gasteiger partial charge in [-0.2, -0.15) is 4.98 Å². The number of piperidine rings is 2. The van der Waals surface area contributed by atoms with E-state index in [0.717, 1.165) is 48.8 Å². The molecule has 1 unspecified atom stereocenters. The normalized spacial score (nSPS) is 20.2. The van der Waals surface area contributed by atoms with Gasteiger partial charge in [-0.05, 0) is 73.8 Å². The van der Waals surface area contributed by atoms with Crippen molar-refractivity contribution >= 4 is 17.2 Å².